The lowest BCUT2D eigenvalue weighted by Crippen LogP contribution is -2.15. The second kappa shape index (κ2) is 8.96. The van der Waals surface area contributed by atoms with Crippen LogP contribution in [0.5, 0.6) is 11.6 Å². The number of para-hydroxylation sites is 1. The summed E-state index contributed by atoms with van der Waals surface area (Å²) in [6.07, 6.45) is 1.05. The summed E-state index contributed by atoms with van der Waals surface area (Å²) in [7, 11) is 0. The van der Waals surface area contributed by atoms with Gasteiger partial charge in [0.1, 0.15) is 22.8 Å². The fourth-order valence-corrected chi connectivity index (χ4v) is 2.21. The van der Waals surface area contributed by atoms with E-state index in [1.165, 1.54) is 19.2 Å². The first kappa shape index (κ1) is 19.4. The third kappa shape index (κ3) is 5.29. The van der Waals surface area contributed by atoms with Gasteiger partial charge in [0, 0.05) is 6.20 Å². The fraction of sp³-hybridized carbons (Fsp3) is 0.222. The second-order valence-corrected chi connectivity index (χ2v) is 5.69. The predicted octanol–water partition coefficient (Wildman–Crippen LogP) is 3.62. The zero-order chi connectivity index (χ0) is 19.1. The van der Waals surface area contributed by atoms with Crippen LogP contribution in [0.4, 0.5) is 5.69 Å². The van der Waals surface area contributed by atoms with Gasteiger partial charge in [0.15, 0.2) is 0 Å². The van der Waals surface area contributed by atoms with E-state index in [0.29, 0.717) is 0 Å². The van der Waals surface area contributed by atoms with Gasteiger partial charge in [-0.2, -0.15) is 0 Å². The largest absolute Gasteiger partial charge is 0.462 e. The van der Waals surface area contributed by atoms with Crippen molar-refractivity contribution in [3.8, 4) is 11.6 Å². The van der Waals surface area contributed by atoms with Crippen LogP contribution in [0.2, 0.25) is 5.02 Å². The highest BCUT2D eigenvalue weighted by molar-refractivity contribution is 6.30. The van der Waals surface area contributed by atoms with Crippen LogP contribution < -0.4 is 10.1 Å². The summed E-state index contributed by atoms with van der Waals surface area (Å²) in [5, 5.41) is 2.80. The molecule has 0 saturated carbocycles. The molecule has 0 saturated heterocycles. The number of benzene rings is 1. The number of ketones is 1. The zero-order valence-corrected chi connectivity index (χ0v) is 15.0. The van der Waals surface area contributed by atoms with E-state index < -0.39 is 11.9 Å². The SMILES string of the molecule is CCOC(=O)c1ccccc1Oc1ncc(Cl)cc1NC(=O)CC(C)=O. The molecule has 7 nitrogen and oxygen atoms in total. The number of ether oxygens (including phenoxy) is 2. The lowest BCUT2D eigenvalue weighted by molar-refractivity contribution is -0.124. The normalized spacial score (nSPS) is 10.1. The number of carbonyl (C=O) groups is 3. The molecule has 1 aromatic heterocycles. The number of amides is 1. The average molecular weight is 377 g/mol. The van der Waals surface area contributed by atoms with Gasteiger partial charge in [-0.25, -0.2) is 9.78 Å². The summed E-state index contributed by atoms with van der Waals surface area (Å²) in [4.78, 5) is 39.0. The Morgan fingerprint density at radius 1 is 1.23 bits per heavy atom. The van der Waals surface area contributed by atoms with Crippen molar-refractivity contribution >= 4 is 34.9 Å². The molecule has 0 unspecified atom stereocenters. The number of nitrogens with one attached hydrogen (secondary N) is 1. The van der Waals surface area contributed by atoms with Crippen molar-refractivity contribution in [3.05, 3.63) is 47.1 Å². The minimum absolute atomic E-state index is 0.0306. The molecular formula is C18H17ClN2O5. The molecular weight excluding hydrogens is 360 g/mol. The van der Waals surface area contributed by atoms with Crippen LogP contribution >= 0.6 is 11.6 Å². The van der Waals surface area contributed by atoms with Crippen molar-refractivity contribution in [3.63, 3.8) is 0 Å². The molecule has 26 heavy (non-hydrogen) atoms. The van der Waals surface area contributed by atoms with Crippen molar-refractivity contribution in [1.29, 1.82) is 0 Å². The monoisotopic (exact) mass is 376 g/mol. The standard InChI is InChI=1S/C18H17ClN2O5/c1-3-25-18(24)13-6-4-5-7-15(13)26-17-14(9-12(19)10-20-17)21-16(23)8-11(2)22/h4-7,9-10H,3,8H2,1-2H3,(H,21,23). The lowest BCUT2D eigenvalue weighted by Gasteiger charge is -2.13. The highest BCUT2D eigenvalue weighted by Gasteiger charge is 2.17. The molecule has 2 rings (SSSR count). The van der Waals surface area contributed by atoms with E-state index in [9.17, 15) is 14.4 Å². The van der Waals surface area contributed by atoms with Crippen molar-refractivity contribution in [2.75, 3.05) is 11.9 Å². The first-order chi connectivity index (χ1) is 12.4. The summed E-state index contributed by atoms with van der Waals surface area (Å²) in [6, 6.07) is 7.92. The molecule has 0 aliphatic heterocycles. The van der Waals surface area contributed by atoms with Crippen molar-refractivity contribution in [2.24, 2.45) is 0 Å². The second-order valence-electron chi connectivity index (χ2n) is 5.25. The fourth-order valence-electron chi connectivity index (χ4n) is 2.06. The van der Waals surface area contributed by atoms with E-state index in [4.69, 9.17) is 21.1 Å². The van der Waals surface area contributed by atoms with Gasteiger partial charge in [-0.1, -0.05) is 23.7 Å². The van der Waals surface area contributed by atoms with Crippen molar-refractivity contribution in [2.45, 2.75) is 20.3 Å². The van der Waals surface area contributed by atoms with Gasteiger partial charge in [0.25, 0.3) is 0 Å². The molecule has 136 valence electrons. The summed E-state index contributed by atoms with van der Waals surface area (Å²) < 4.78 is 10.7. The Kier molecular flexibility index (Phi) is 6.68. The van der Waals surface area contributed by atoms with Crippen molar-refractivity contribution in [1.82, 2.24) is 4.98 Å². The number of nitrogens with zero attached hydrogens (tertiary/aromatic N) is 1. The van der Waals surface area contributed by atoms with Crippen LogP contribution in [-0.2, 0) is 14.3 Å². The summed E-state index contributed by atoms with van der Waals surface area (Å²) in [6.45, 7) is 3.23. The van der Waals surface area contributed by atoms with Crippen LogP contribution in [0.3, 0.4) is 0 Å². The first-order valence-electron chi connectivity index (χ1n) is 7.79. The Morgan fingerprint density at radius 3 is 2.65 bits per heavy atom. The number of carbonyl (C=O) groups excluding carboxylic acids is 3. The van der Waals surface area contributed by atoms with Gasteiger partial charge in [-0.05, 0) is 32.0 Å². The molecule has 0 spiro atoms. The molecule has 0 aliphatic carbocycles. The first-order valence-corrected chi connectivity index (χ1v) is 8.17. The number of aromatic nitrogens is 1. The van der Waals surface area contributed by atoms with Gasteiger partial charge in [-0.3, -0.25) is 9.59 Å². The maximum atomic E-state index is 12.0. The molecule has 2 aromatic rings. The number of hydrogen-bond donors (Lipinski definition) is 1. The van der Waals surface area contributed by atoms with E-state index in [0.717, 1.165) is 0 Å². The maximum Gasteiger partial charge on any atom is 0.341 e. The average Bonchev–Trinajstić information content (AvgIpc) is 2.57. The van der Waals surface area contributed by atoms with Crippen molar-refractivity contribution < 1.29 is 23.9 Å². The Balaban J connectivity index is 2.31. The van der Waals surface area contributed by atoms with E-state index in [-0.39, 0.29) is 46.7 Å². The minimum Gasteiger partial charge on any atom is -0.462 e. The number of pyridine rings is 1. The smallest absolute Gasteiger partial charge is 0.341 e. The third-order valence-corrected chi connectivity index (χ3v) is 3.30. The quantitative estimate of drug-likeness (QED) is 0.585. The third-order valence-electron chi connectivity index (χ3n) is 3.09. The molecule has 1 heterocycles. The molecule has 1 aromatic carbocycles. The Morgan fingerprint density at radius 2 is 1.96 bits per heavy atom. The summed E-state index contributed by atoms with van der Waals surface area (Å²) in [5.74, 6) is -1.11. The zero-order valence-electron chi connectivity index (χ0n) is 14.2. The molecule has 1 N–H and O–H groups in total. The van der Waals surface area contributed by atoms with Crippen LogP contribution in [-0.4, -0.2) is 29.3 Å². The van der Waals surface area contributed by atoms with Crippen LogP contribution in [0, 0.1) is 0 Å². The van der Waals surface area contributed by atoms with Gasteiger partial charge in [0.05, 0.1) is 18.1 Å². The predicted molar refractivity (Wildman–Crippen MR) is 95.6 cm³/mol. The Hall–Kier alpha value is -2.93. The van der Waals surface area contributed by atoms with Crippen LogP contribution in [0.25, 0.3) is 0 Å². The van der Waals surface area contributed by atoms with Gasteiger partial charge in [0.2, 0.25) is 11.8 Å². The minimum atomic E-state index is -0.542. The summed E-state index contributed by atoms with van der Waals surface area (Å²) >= 11 is 5.92. The lowest BCUT2D eigenvalue weighted by atomic mass is 10.2. The Bertz CT molecular complexity index is 838. The number of hydrogen-bond acceptors (Lipinski definition) is 6. The van der Waals surface area contributed by atoms with E-state index in [1.54, 1.807) is 31.2 Å². The highest BCUT2D eigenvalue weighted by Crippen LogP contribution is 2.31. The van der Waals surface area contributed by atoms with Gasteiger partial charge in [-0.15, -0.1) is 0 Å². The topological polar surface area (TPSA) is 94.6 Å². The molecule has 0 radical (unpaired) electrons. The number of esters is 1. The van der Waals surface area contributed by atoms with Crippen LogP contribution in [0.1, 0.15) is 30.6 Å². The number of rotatable bonds is 7. The molecule has 0 aliphatic rings. The Labute approximate surface area is 155 Å². The molecule has 0 fully saturated rings. The molecule has 0 bridgehead atoms. The van der Waals surface area contributed by atoms with Gasteiger partial charge >= 0.3 is 5.97 Å². The van der Waals surface area contributed by atoms with Crippen LogP contribution in [0.15, 0.2) is 36.5 Å². The van der Waals surface area contributed by atoms with E-state index in [2.05, 4.69) is 10.3 Å². The van der Waals surface area contributed by atoms with E-state index in [1.807, 2.05) is 0 Å². The molecule has 1 amide bonds. The number of Topliss-reactive ketones (excluding diaryl/α,β-unsaturated/α-hetero) is 1. The highest BCUT2D eigenvalue weighted by atomic mass is 35.5. The molecule has 8 heteroatoms. The summed E-state index contributed by atoms with van der Waals surface area (Å²) in [5.41, 5.74) is 0.398. The van der Waals surface area contributed by atoms with E-state index >= 15 is 0 Å². The number of anilines is 1. The number of halogens is 1. The van der Waals surface area contributed by atoms with Gasteiger partial charge < -0.3 is 14.8 Å². The molecule has 0 atom stereocenters. The maximum absolute atomic E-state index is 12.0.